The smallest absolute Gasteiger partial charge is 0.289 e. The first-order chi connectivity index (χ1) is 11.7. The highest BCUT2D eigenvalue weighted by molar-refractivity contribution is 5.92. The summed E-state index contributed by atoms with van der Waals surface area (Å²) in [6.45, 7) is 4.26. The summed E-state index contributed by atoms with van der Waals surface area (Å²) in [4.78, 5) is 16.9. The molecule has 6 heteroatoms. The van der Waals surface area contributed by atoms with Gasteiger partial charge < -0.3 is 9.73 Å². The first-order valence-electron chi connectivity index (χ1n) is 7.97. The zero-order chi connectivity index (χ0) is 16.9. The molecule has 2 aromatic heterocycles. The summed E-state index contributed by atoms with van der Waals surface area (Å²) < 4.78 is 7.35. The molecule has 0 fully saturated rings. The Hall–Kier alpha value is -2.89. The number of rotatable bonds is 6. The van der Waals surface area contributed by atoms with Crippen LogP contribution in [-0.4, -0.2) is 20.7 Å². The van der Waals surface area contributed by atoms with Crippen LogP contribution in [0.4, 0.5) is 0 Å². The van der Waals surface area contributed by atoms with Crippen LogP contribution in [0.3, 0.4) is 0 Å². The Morgan fingerprint density at radius 3 is 2.71 bits per heavy atom. The minimum absolute atomic E-state index is 0.215. The third kappa shape index (κ3) is 3.53. The number of aryl methyl sites for hydroxylation is 2. The van der Waals surface area contributed by atoms with Gasteiger partial charge in [0.1, 0.15) is 0 Å². The van der Waals surface area contributed by atoms with Crippen LogP contribution >= 0.6 is 0 Å². The van der Waals surface area contributed by atoms with Crippen molar-refractivity contribution >= 4 is 5.91 Å². The Morgan fingerprint density at radius 2 is 2.08 bits per heavy atom. The summed E-state index contributed by atoms with van der Waals surface area (Å²) in [6, 6.07) is 11.5. The quantitative estimate of drug-likeness (QED) is 0.756. The molecule has 0 aliphatic heterocycles. The molecule has 0 saturated carbocycles. The van der Waals surface area contributed by atoms with E-state index in [0.29, 0.717) is 24.6 Å². The highest BCUT2D eigenvalue weighted by atomic mass is 16.4. The SMILES string of the molecule is CCc1nc(C)c(C(=O)NC(Cn2cccn2)c2ccccc2)o1. The van der Waals surface area contributed by atoms with Crippen molar-refractivity contribution in [1.82, 2.24) is 20.1 Å². The highest BCUT2D eigenvalue weighted by Crippen LogP contribution is 2.17. The van der Waals surface area contributed by atoms with E-state index in [1.165, 1.54) is 0 Å². The Balaban J connectivity index is 1.83. The van der Waals surface area contributed by atoms with Crippen molar-refractivity contribution < 1.29 is 9.21 Å². The average molecular weight is 324 g/mol. The van der Waals surface area contributed by atoms with Crippen molar-refractivity contribution in [2.75, 3.05) is 0 Å². The van der Waals surface area contributed by atoms with Crippen molar-refractivity contribution in [2.24, 2.45) is 0 Å². The van der Waals surface area contributed by atoms with Crippen LogP contribution < -0.4 is 5.32 Å². The minimum Gasteiger partial charge on any atom is -0.435 e. The van der Waals surface area contributed by atoms with Gasteiger partial charge in [-0.1, -0.05) is 37.3 Å². The average Bonchev–Trinajstić information content (AvgIpc) is 3.24. The zero-order valence-electron chi connectivity index (χ0n) is 13.8. The molecule has 0 saturated heterocycles. The molecule has 0 radical (unpaired) electrons. The van der Waals surface area contributed by atoms with Crippen molar-refractivity contribution in [3.05, 3.63) is 71.7 Å². The standard InChI is InChI=1S/C18H20N4O2/c1-3-16-20-13(2)17(24-16)18(23)21-15(12-22-11-7-10-19-22)14-8-5-4-6-9-14/h4-11,15H,3,12H2,1-2H3,(H,21,23). The van der Waals surface area contributed by atoms with Crippen LogP contribution in [-0.2, 0) is 13.0 Å². The fourth-order valence-electron chi connectivity index (χ4n) is 2.55. The molecule has 3 aromatic rings. The Bertz CT molecular complexity index is 794. The fourth-order valence-corrected chi connectivity index (χ4v) is 2.55. The summed E-state index contributed by atoms with van der Waals surface area (Å²) in [5.41, 5.74) is 1.62. The van der Waals surface area contributed by atoms with Gasteiger partial charge in [0, 0.05) is 18.8 Å². The predicted octanol–water partition coefficient (Wildman–Crippen LogP) is 2.91. The zero-order valence-corrected chi connectivity index (χ0v) is 13.8. The van der Waals surface area contributed by atoms with Crippen LogP contribution in [0, 0.1) is 6.92 Å². The van der Waals surface area contributed by atoms with E-state index in [0.717, 1.165) is 5.56 Å². The van der Waals surface area contributed by atoms with E-state index in [1.54, 1.807) is 17.8 Å². The number of nitrogens with one attached hydrogen (secondary N) is 1. The monoisotopic (exact) mass is 324 g/mol. The Morgan fingerprint density at radius 1 is 1.29 bits per heavy atom. The summed E-state index contributed by atoms with van der Waals surface area (Å²) in [7, 11) is 0. The summed E-state index contributed by atoms with van der Waals surface area (Å²) >= 11 is 0. The maximum absolute atomic E-state index is 12.6. The lowest BCUT2D eigenvalue weighted by atomic mass is 10.1. The molecule has 2 heterocycles. The van der Waals surface area contributed by atoms with E-state index in [4.69, 9.17) is 4.42 Å². The van der Waals surface area contributed by atoms with E-state index in [9.17, 15) is 4.79 Å². The maximum Gasteiger partial charge on any atom is 0.289 e. The van der Waals surface area contributed by atoms with Gasteiger partial charge in [0.2, 0.25) is 5.76 Å². The number of amides is 1. The van der Waals surface area contributed by atoms with Crippen LogP contribution in [0.5, 0.6) is 0 Å². The van der Waals surface area contributed by atoms with Gasteiger partial charge in [-0.25, -0.2) is 4.98 Å². The Kier molecular flexibility index (Phi) is 4.74. The molecule has 0 spiro atoms. The van der Waals surface area contributed by atoms with Gasteiger partial charge in [0.05, 0.1) is 18.3 Å². The third-order valence-corrected chi connectivity index (χ3v) is 3.79. The molecule has 1 amide bonds. The maximum atomic E-state index is 12.6. The number of hydrogen-bond acceptors (Lipinski definition) is 4. The number of nitrogens with zero attached hydrogens (tertiary/aromatic N) is 3. The van der Waals surface area contributed by atoms with Gasteiger partial charge in [0.15, 0.2) is 5.89 Å². The van der Waals surface area contributed by atoms with Crippen molar-refractivity contribution in [3.63, 3.8) is 0 Å². The number of oxazole rings is 1. The molecule has 124 valence electrons. The summed E-state index contributed by atoms with van der Waals surface area (Å²) in [6.07, 6.45) is 4.25. The predicted molar refractivity (Wildman–Crippen MR) is 89.5 cm³/mol. The van der Waals surface area contributed by atoms with E-state index in [2.05, 4.69) is 15.4 Å². The Labute approximate surface area is 140 Å². The molecule has 3 rings (SSSR count). The second kappa shape index (κ2) is 7.12. The van der Waals surface area contributed by atoms with Crippen LogP contribution in [0.2, 0.25) is 0 Å². The second-order valence-electron chi connectivity index (χ2n) is 5.54. The number of carbonyl (C=O) groups is 1. The van der Waals surface area contributed by atoms with Crippen molar-refractivity contribution in [3.8, 4) is 0 Å². The molecule has 1 N–H and O–H groups in total. The normalized spacial score (nSPS) is 12.1. The van der Waals surface area contributed by atoms with Gasteiger partial charge in [-0.15, -0.1) is 0 Å². The molecular formula is C18H20N4O2. The molecule has 24 heavy (non-hydrogen) atoms. The topological polar surface area (TPSA) is 73.0 Å². The minimum atomic E-state index is -0.263. The lowest BCUT2D eigenvalue weighted by Crippen LogP contribution is -2.31. The molecule has 0 aliphatic carbocycles. The largest absolute Gasteiger partial charge is 0.435 e. The van der Waals surface area contributed by atoms with Crippen LogP contribution in [0.15, 0.2) is 53.2 Å². The van der Waals surface area contributed by atoms with Gasteiger partial charge in [-0.05, 0) is 18.6 Å². The van der Waals surface area contributed by atoms with E-state index in [1.807, 2.05) is 49.5 Å². The summed E-state index contributed by atoms with van der Waals surface area (Å²) in [5, 5.41) is 7.26. The molecular weight excluding hydrogens is 304 g/mol. The van der Waals surface area contributed by atoms with Crippen LogP contribution in [0.1, 0.15) is 40.7 Å². The van der Waals surface area contributed by atoms with Crippen molar-refractivity contribution in [2.45, 2.75) is 32.9 Å². The van der Waals surface area contributed by atoms with Gasteiger partial charge >= 0.3 is 0 Å². The van der Waals surface area contributed by atoms with Crippen LogP contribution in [0.25, 0.3) is 0 Å². The van der Waals surface area contributed by atoms with Gasteiger partial charge in [-0.3, -0.25) is 9.48 Å². The summed E-state index contributed by atoms with van der Waals surface area (Å²) in [5.74, 6) is 0.579. The molecule has 1 atom stereocenters. The van der Waals surface area contributed by atoms with Gasteiger partial charge in [0.25, 0.3) is 5.91 Å². The second-order valence-corrected chi connectivity index (χ2v) is 5.54. The number of hydrogen-bond donors (Lipinski definition) is 1. The lowest BCUT2D eigenvalue weighted by Gasteiger charge is -2.19. The molecule has 0 aliphatic rings. The number of carbonyl (C=O) groups excluding carboxylic acids is 1. The number of aromatic nitrogens is 3. The highest BCUT2D eigenvalue weighted by Gasteiger charge is 2.21. The third-order valence-electron chi connectivity index (χ3n) is 3.79. The molecule has 6 nitrogen and oxygen atoms in total. The number of benzene rings is 1. The van der Waals surface area contributed by atoms with E-state index >= 15 is 0 Å². The first-order valence-corrected chi connectivity index (χ1v) is 7.97. The van der Waals surface area contributed by atoms with Crippen molar-refractivity contribution in [1.29, 1.82) is 0 Å². The first kappa shape index (κ1) is 16.0. The molecule has 1 unspecified atom stereocenters. The molecule has 0 bridgehead atoms. The lowest BCUT2D eigenvalue weighted by molar-refractivity contribution is 0.0901. The molecule has 1 aromatic carbocycles. The van der Waals surface area contributed by atoms with E-state index in [-0.39, 0.29) is 17.7 Å². The van der Waals surface area contributed by atoms with E-state index < -0.39 is 0 Å². The fraction of sp³-hybridized carbons (Fsp3) is 0.278. The van der Waals surface area contributed by atoms with Gasteiger partial charge in [-0.2, -0.15) is 5.10 Å².